The maximum Gasteiger partial charge on any atom is 0.252 e. The van der Waals surface area contributed by atoms with E-state index >= 15 is 0 Å². The summed E-state index contributed by atoms with van der Waals surface area (Å²) >= 11 is 0. The lowest BCUT2D eigenvalue weighted by Gasteiger charge is -2.39. The van der Waals surface area contributed by atoms with E-state index in [0.29, 0.717) is 17.1 Å². The Labute approximate surface area is 195 Å². The lowest BCUT2D eigenvalue weighted by molar-refractivity contribution is 0.110. The average molecular weight is 445 g/mol. The molecule has 0 unspecified atom stereocenters. The number of ether oxygens (including phenoxy) is 1. The molecule has 6 heteroatoms. The van der Waals surface area contributed by atoms with E-state index in [1.54, 1.807) is 29.8 Å². The third-order valence-corrected chi connectivity index (χ3v) is 6.72. The van der Waals surface area contributed by atoms with Gasteiger partial charge in [-0.25, -0.2) is 4.98 Å². The van der Waals surface area contributed by atoms with Gasteiger partial charge in [0, 0.05) is 38.5 Å². The van der Waals surface area contributed by atoms with Crippen molar-refractivity contribution >= 4 is 16.7 Å². The van der Waals surface area contributed by atoms with Crippen LogP contribution in [0.5, 0.6) is 5.75 Å². The molecule has 1 aliphatic rings. The third-order valence-electron chi connectivity index (χ3n) is 6.72. The Bertz CT molecular complexity index is 1250. The smallest absolute Gasteiger partial charge is 0.252 e. The number of benzene rings is 1. The highest BCUT2D eigenvalue weighted by Crippen LogP contribution is 2.32. The van der Waals surface area contributed by atoms with Gasteiger partial charge in [-0.3, -0.25) is 4.79 Å². The Balaban J connectivity index is 1.58. The fourth-order valence-electron chi connectivity index (χ4n) is 4.60. The van der Waals surface area contributed by atoms with Crippen LogP contribution in [0.1, 0.15) is 51.8 Å². The summed E-state index contributed by atoms with van der Waals surface area (Å²) in [6, 6.07) is 15.7. The third kappa shape index (κ3) is 4.59. The molecule has 6 nitrogen and oxygen atoms in total. The van der Waals surface area contributed by atoms with Crippen molar-refractivity contribution in [3.8, 4) is 11.8 Å². The zero-order valence-corrected chi connectivity index (χ0v) is 20.1. The predicted octanol–water partition coefficient (Wildman–Crippen LogP) is 4.79. The number of aromatic nitrogens is 2. The van der Waals surface area contributed by atoms with Gasteiger partial charge in [0.15, 0.2) is 0 Å². The molecule has 4 rings (SSSR count). The van der Waals surface area contributed by atoms with Crippen LogP contribution in [0.25, 0.3) is 11.0 Å². The zero-order chi connectivity index (χ0) is 23.8. The van der Waals surface area contributed by atoms with Crippen molar-refractivity contribution in [2.45, 2.75) is 52.1 Å². The van der Waals surface area contributed by atoms with Crippen molar-refractivity contribution in [3.63, 3.8) is 0 Å². The number of aryl methyl sites for hydroxylation is 1. The standard InChI is InChI=1S/C27H32N4O2/c1-6-18-17-31(14-13-24(18)33-21-10-7-19(8-11-21)27(2,3)4)23-15-25(32)30(5)22-12-9-20(16-28)29-26(22)23/h7-12,15,18,24H,6,13-14,17H2,1-5H3/t18-,24-/m1/s1. The first-order valence-corrected chi connectivity index (χ1v) is 11.6. The summed E-state index contributed by atoms with van der Waals surface area (Å²) in [5.41, 5.74) is 3.92. The summed E-state index contributed by atoms with van der Waals surface area (Å²) in [7, 11) is 1.74. The number of nitrogens with zero attached hydrogens (tertiary/aromatic N) is 4. The molecule has 1 fully saturated rings. The summed E-state index contributed by atoms with van der Waals surface area (Å²) < 4.78 is 8.01. The highest BCUT2D eigenvalue weighted by Gasteiger charge is 2.31. The van der Waals surface area contributed by atoms with Crippen LogP contribution in [0.4, 0.5) is 5.69 Å². The van der Waals surface area contributed by atoms with Gasteiger partial charge in [0.2, 0.25) is 0 Å². The maximum atomic E-state index is 12.6. The van der Waals surface area contributed by atoms with Crippen molar-refractivity contribution in [1.29, 1.82) is 5.26 Å². The summed E-state index contributed by atoms with van der Waals surface area (Å²) in [6.07, 6.45) is 1.95. The molecule has 1 aromatic carbocycles. The second-order valence-electron chi connectivity index (χ2n) is 9.94. The maximum absolute atomic E-state index is 12.6. The fraction of sp³-hybridized carbons (Fsp3) is 0.444. The second kappa shape index (κ2) is 8.90. The Morgan fingerprint density at radius 1 is 1.18 bits per heavy atom. The Morgan fingerprint density at radius 3 is 2.55 bits per heavy atom. The van der Waals surface area contributed by atoms with E-state index in [2.05, 4.69) is 67.9 Å². The molecule has 3 aromatic rings. The molecule has 0 radical (unpaired) electrons. The Morgan fingerprint density at radius 2 is 1.91 bits per heavy atom. The Hall–Kier alpha value is -3.33. The van der Waals surface area contributed by atoms with Crippen molar-refractivity contribution in [1.82, 2.24) is 9.55 Å². The van der Waals surface area contributed by atoms with Gasteiger partial charge < -0.3 is 14.2 Å². The molecule has 0 amide bonds. The minimum absolute atomic E-state index is 0.0747. The molecule has 2 aromatic heterocycles. The monoisotopic (exact) mass is 444 g/mol. The molecule has 172 valence electrons. The molecule has 2 atom stereocenters. The lowest BCUT2D eigenvalue weighted by atomic mass is 9.87. The van der Waals surface area contributed by atoms with Crippen LogP contribution >= 0.6 is 0 Å². The number of hydrogen-bond acceptors (Lipinski definition) is 5. The fourth-order valence-corrected chi connectivity index (χ4v) is 4.60. The van der Waals surface area contributed by atoms with E-state index in [9.17, 15) is 10.1 Å². The average Bonchev–Trinajstić information content (AvgIpc) is 2.81. The summed E-state index contributed by atoms with van der Waals surface area (Å²) in [5, 5.41) is 9.33. The van der Waals surface area contributed by atoms with Crippen molar-refractivity contribution < 1.29 is 4.74 Å². The first-order chi connectivity index (χ1) is 15.7. The quantitative estimate of drug-likeness (QED) is 0.579. The molecule has 1 saturated heterocycles. The SMILES string of the molecule is CC[C@@H]1CN(c2cc(=O)n(C)c3ccc(C#N)nc23)CC[C@H]1Oc1ccc(C(C)(C)C)cc1. The van der Waals surface area contributed by atoms with E-state index in [1.807, 2.05) is 0 Å². The first kappa shape index (κ1) is 22.8. The Kier molecular flexibility index (Phi) is 6.16. The molecular formula is C27H32N4O2. The van der Waals surface area contributed by atoms with Crippen molar-refractivity contribution in [2.24, 2.45) is 13.0 Å². The molecule has 33 heavy (non-hydrogen) atoms. The number of hydrogen-bond donors (Lipinski definition) is 0. The van der Waals surface area contributed by atoms with Crippen LogP contribution in [-0.2, 0) is 12.5 Å². The number of fused-ring (bicyclic) bond motifs is 1. The first-order valence-electron chi connectivity index (χ1n) is 11.6. The largest absolute Gasteiger partial charge is 0.490 e. The van der Waals surface area contributed by atoms with Gasteiger partial charge in [-0.15, -0.1) is 0 Å². The van der Waals surface area contributed by atoms with Crippen LogP contribution in [0.2, 0.25) is 0 Å². The van der Waals surface area contributed by atoms with Crippen LogP contribution in [0.15, 0.2) is 47.3 Å². The van der Waals surface area contributed by atoms with E-state index in [1.165, 1.54) is 5.56 Å². The molecule has 0 bridgehead atoms. The van der Waals surface area contributed by atoms with Crippen LogP contribution in [0.3, 0.4) is 0 Å². The molecule has 0 saturated carbocycles. The molecular weight excluding hydrogens is 412 g/mol. The van der Waals surface area contributed by atoms with Gasteiger partial charge >= 0.3 is 0 Å². The predicted molar refractivity (Wildman–Crippen MR) is 132 cm³/mol. The molecule has 0 spiro atoms. The van der Waals surface area contributed by atoms with Gasteiger partial charge in [-0.1, -0.05) is 39.8 Å². The van der Waals surface area contributed by atoms with Gasteiger partial charge in [0.1, 0.15) is 29.1 Å². The van der Waals surface area contributed by atoms with Crippen molar-refractivity contribution in [3.05, 3.63) is 64.1 Å². The zero-order valence-electron chi connectivity index (χ0n) is 20.1. The van der Waals surface area contributed by atoms with Crippen LogP contribution in [-0.4, -0.2) is 28.7 Å². The molecule has 1 aliphatic heterocycles. The minimum Gasteiger partial charge on any atom is -0.490 e. The number of anilines is 1. The highest BCUT2D eigenvalue weighted by molar-refractivity contribution is 5.88. The van der Waals surface area contributed by atoms with E-state index in [0.717, 1.165) is 42.9 Å². The van der Waals surface area contributed by atoms with E-state index in [4.69, 9.17) is 4.74 Å². The summed E-state index contributed by atoms with van der Waals surface area (Å²) in [6.45, 7) is 10.4. The van der Waals surface area contributed by atoms with Gasteiger partial charge in [-0.2, -0.15) is 5.26 Å². The number of pyridine rings is 2. The normalized spacial score (nSPS) is 18.8. The second-order valence-corrected chi connectivity index (χ2v) is 9.94. The van der Waals surface area contributed by atoms with Gasteiger partial charge in [-0.05, 0) is 41.7 Å². The number of piperidine rings is 1. The molecule has 0 N–H and O–H groups in total. The number of rotatable bonds is 4. The van der Waals surface area contributed by atoms with Gasteiger partial charge in [0.25, 0.3) is 5.56 Å². The van der Waals surface area contributed by atoms with Gasteiger partial charge in [0.05, 0.1) is 11.2 Å². The van der Waals surface area contributed by atoms with Crippen molar-refractivity contribution in [2.75, 3.05) is 18.0 Å². The summed E-state index contributed by atoms with van der Waals surface area (Å²) in [4.78, 5) is 19.4. The minimum atomic E-state index is -0.0747. The summed E-state index contributed by atoms with van der Waals surface area (Å²) in [5.74, 6) is 1.22. The number of nitriles is 1. The lowest BCUT2D eigenvalue weighted by Crippen LogP contribution is -2.46. The van der Waals surface area contributed by atoms with Crippen LogP contribution < -0.4 is 15.2 Å². The van der Waals surface area contributed by atoms with E-state index in [-0.39, 0.29) is 17.1 Å². The van der Waals surface area contributed by atoms with Crippen LogP contribution in [0, 0.1) is 17.2 Å². The van der Waals surface area contributed by atoms with E-state index < -0.39 is 0 Å². The molecule has 0 aliphatic carbocycles. The highest BCUT2D eigenvalue weighted by atomic mass is 16.5. The topological polar surface area (TPSA) is 71.2 Å². The molecule has 3 heterocycles.